The summed E-state index contributed by atoms with van der Waals surface area (Å²) in [6.07, 6.45) is 0. The fourth-order valence-corrected chi connectivity index (χ4v) is 1.96. The Hall–Kier alpha value is -2.27. The fraction of sp³-hybridized carbons (Fsp3) is 0.143. The van der Waals surface area contributed by atoms with Gasteiger partial charge < -0.3 is 15.0 Å². The zero-order valence-electron chi connectivity index (χ0n) is 10.9. The smallest absolute Gasteiger partial charge is 0.179 e. The number of benzene rings is 1. The number of pyridine rings is 1. The molecule has 0 fully saturated rings. The van der Waals surface area contributed by atoms with Gasteiger partial charge in [0.2, 0.25) is 0 Å². The van der Waals surface area contributed by atoms with Crippen molar-refractivity contribution < 1.29 is 4.74 Å². The number of rotatable bonds is 4. The van der Waals surface area contributed by atoms with Crippen LogP contribution in [0.5, 0.6) is 5.75 Å². The molecule has 3 aromatic rings. The Balaban J connectivity index is 1.75. The van der Waals surface area contributed by atoms with Gasteiger partial charge >= 0.3 is 0 Å². The van der Waals surface area contributed by atoms with E-state index in [1.54, 1.807) is 12.1 Å². The van der Waals surface area contributed by atoms with E-state index in [0.717, 1.165) is 22.9 Å². The van der Waals surface area contributed by atoms with Crippen LogP contribution in [-0.2, 0) is 6.61 Å². The van der Waals surface area contributed by atoms with Crippen molar-refractivity contribution in [3.63, 3.8) is 0 Å². The van der Waals surface area contributed by atoms with Crippen LogP contribution in [0.3, 0.4) is 0 Å². The van der Waals surface area contributed by atoms with Crippen molar-refractivity contribution in [2.24, 2.45) is 0 Å². The minimum atomic E-state index is 0.354. The van der Waals surface area contributed by atoms with Gasteiger partial charge in [0, 0.05) is 12.1 Å². The molecule has 1 aromatic carbocycles. The van der Waals surface area contributed by atoms with E-state index in [9.17, 15) is 0 Å². The molecule has 2 aromatic heterocycles. The van der Waals surface area contributed by atoms with Crippen molar-refractivity contribution in [2.75, 3.05) is 12.4 Å². The third kappa shape index (κ3) is 2.67. The molecule has 0 unspecified atom stereocenters. The highest BCUT2D eigenvalue weighted by atomic mass is 35.5. The number of anilines is 1. The Morgan fingerprint density at radius 1 is 1.15 bits per heavy atom. The van der Waals surface area contributed by atoms with Gasteiger partial charge in [-0.3, -0.25) is 0 Å². The Bertz CT molecular complexity index is 724. The van der Waals surface area contributed by atoms with Crippen molar-refractivity contribution in [3.05, 3.63) is 47.2 Å². The molecule has 20 heavy (non-hydrogen) atoms. The summed E-state index contributed by atoms with van der Waals surface area (Å²) in [5.41, 5.74) is 1.56. The Morgan fingerprint density at radius 3 is 2.70 bits per heavy atom. The van der Waals surface area contributed by atoms with Crippen molar-refractivity contribution in [1.29, 1.82) is 0 Å². The summed E-state index contributed by atoms with van der Waals surface area (Å²) < 4.78 is 5.64. The second-order valence-corrected chi connectivity index (χ2v) is 4.68. The highest BCUT2D eigenvalue weighted by Crippen LogP contribution is 2.17. The average molecular weight is 289 g/mol. The van der Waals surface area contributed by atoms with Crippen LogP contribution < -0.4 is 10.1 Å². The molecule has 0 aliphatic heterocycles. The van der Waals surface area contributed by atoms with Gasteiger partial charge in [-0.15, -0.1) is 0 Å². The molecular weight excluding hydrogens is 276 g/mol. The summed E-state index contributed by atoms with van der Waals surface area (Å²) in [5, 5.41) is 3.67. The SMILES string of the molecule is CNc1ccc2[nH]c(COc3ccc(Cl)cc3)nc2n1. The van der Waals surface area contributed by atoms with Crippen LogP contribution in [-0.4, -0.2) is 22.0 Å². The summed E-state index contributed by atoms with van der Waals surface area (Å²) in [6, 6.07) is 11.1. The zero-order chi connectivity index (χ0) is 13.9. The van der Waals surface area contributed by atoms with Crippen LogP contribution in [0.15, 0.2) is 36.4 Å². The summed E-state index contributed by atoms with van der Waals surface area (Å²) in [5.74, 6) is 2.27. The first-order valence-electron chi connectivity index (χ1n) is 6.16. The summed E-state index contributed by atoms with van der Waals surface area (Å²) in [4.78, 5) is 11.9. The average Bonchev–Trinajstić information content (AvgIpc) is 2.88. The molecule has 6 heteroatoms. The van der Waals surface area contributed by atoms with Gasteiger partial charge in [-0.05, 0) is 36.4 Å². The van der Waals surface area contributed by atoms with E-state index in [1.165, 1.54) is 0 Å². The second kappa shape index (κ2) is 5.38. The van der Waals surface area contributed by atoms with Crippen LogP contribution in [0, 0.1) is 0 Å². The first kappa shape index (κ1) is 12.7. The Labute approximate surface area is 121 Å². The van der Waals surface area contributed by atoms with Gasteiger partial charge in [-0.25, -0.2) is 9.97 Å². The summed E-state index contributed by atoms with van der Waals surface area (Å²) in [6.45, 7) is 0.354. The number of hydrogen-bond donors (Lipinski definition) is 2. The minimum Gasteiger partial charge on any atom is -0.486 e. The van der Waals surface area contributed by atoms with Gasteiger partial charge in [0.1, 0.15) is 24.0 Å². The van der Waals surface area contributed by atoms with E-state index in [-0.39, 0.29) is 0 Å². The quantitative estimate of drug-likeness (QED) is 0.774. The van der Waals surface area contributed by atoms with Crippen LogP contribution in [0.2, 0.25) is 5.02 Å². The first-order chi connectivity index (χ1) is 9.74. The molecule has 0 saturated carbocycles. The molecule has 0 saturated heterocycles. The van der Waals surface area contributed by atoms with Crippen molar-refractivity contribution in [3.8, 4) is 5.75 Å². The van der Waals surface area contributed by atoms with Crippen LogP contribution in [0.25, 0.3) is 11.2 Å². The lowest BCUT2D eigenvalue weighted by atomic mass is 10.3. The largest absolute Gasteiger partial charge is 0.486 e. The number of hydrogen-bond acceptors (Lipinski definition) is 4. The summed E-state index contributed by atoms with van der Waals surface area (Å²) >= 11 is 5.82. The topological polar surface area (TPSA) is 62.8 Å². The maximum absolute atomic E-state index is 5.82. The first-order valence-corrected chi connectivity index (χ1v) is 6.54. The predicted molar refractivity (Wildman–Crippen MR) is 79.2 cm³/mol. The molecule has 3 rings (SSSR count). The molecule has 5 nitrogen and oxygen atoms in total. The molecule has 2 heterocycles. The molecule has 102 valence electrons. The summed E-state index contributed by atoms with van der Waals surface area (Å²) in [7, 11) is 1.82. The monoisotopic (exact) mass is 288 g/mol. The third-order valence-corrected chi connectivity index (χ3v) is 3.09. The lowest BCUT2D eigenvalue weighted by molar-refractivity contribution is 0.297. The molecule has 0 bridgehead atoms. The van der Waals surface area contributed by atoms with E-state index in [2.05, 4.69) is 20.3 Å². The third-order valence-electron chi connectivity index (χ3n) is 2.84. The number of aromatic nitrogens is 3. The van der Waals surface area contributed by atoms with E-state index in [1.807, 2.05) is 31.3 Å². The molecular formula is C14H13ClN4O. The highest BCUT2D eigenvalue weighted by molar-refractivity contribution is 6.30. The van der Waals surface area contributed by atoms with Gasteiger partial charge in [0.25, 0.3) is 0 Å². The molecule has 0 radical (unpaired) electrons. The van der Waals surface area contributed by atoms with Gasteiger partial charge in [0.05, 0.1) is 5.52 Å². The van der Waals surface area contributed by atoms with Gasteiger partial charge in [0.15, 0.2) is 5.65 Å². The normalized spacial score (nSPS) is 10.7. The van der Waals surface area contributed by atoms with Crippen LogP contribution >= 0.6 is 11.6 Å². The Kier molecular flexibility index (Phi) is 3.43. The van der Waals surface area contributed by atoms with Crippen LogP contribution in [0.1, 0.15) is 5.82 Å². The standard InChI is InChI=1S/C14H13ClN4O/c1-16-12-7-6-11-14(18-12)19-13(17-11)8-20-10-4-2-9(15)3-5-10/h2-7H,8H2,1H3,(H2,16,17,18,19). The second-order valence-electron chi connectivity index (χ2n) is 4.24. The maximum atomic E-state index is 5.82. The van der Waals surface area contributed by atoms with E-state index >= 15 is 0 Å². The van der Waals surface area contributed by atoms with E-state index in [4.69, 9.17) is 16.3 Å². The molecule has 0 spiro atoms. The van der Waals surface area contributed by atoms with Crippen molar-refractivity contribution in [2.45, 2.75) is 6.61 Å². The molecule has 0 aliphatic carbocycles. The number of fused-ring (bicyclic) bond motifs is 1. The number of nitrogens with zero attached hydrogens (tertiary/aromatic N) is 2. The fourth-order valence-electron chi connectivity index (χ4n) is 1.83. The van der Waals surface area contributed by atoms with Crippen molar-refractivity contribution >= 4 is 28.6 Å². The molecule has 0 atom stereocenters. The lowest BCUT2D eigenvalue weighted by Crippen LogP contribution is -1.97. The van der Waals surface area contributed by atoms with Gasteiger partial charge in [-0.1, -0.05) is 11.6 Å². The predicted octanol–water partition coefficient (Wildman–Crippen LogP) is 3.23. The lowest BCUT2D eigenvalue weighted by Gasteiger charge is -2.03. The molecule has 0 aliphatic rings. The van der Waals surface area contributed by atoms with E-state index in [0.29, 0.717) is 17.3 Å². The molecule has 0 amide bonds. The Morgan fingerprint density at radius 2 is 1.95 bits per heavy atom. The number of nitrogens with one attached hydrogen (secondary N) is 2. The van der Waals surface area contributed by atoms with E-state index < -0.39 is 0 Å². The maximum Gasteiger partial charge on any atom is 0.179 e. The molecule has 2 N–H and O–H groups in total. The van der Waals surface area contributed by atoms with Crippen LogP contribution in [0.4, 0.5) is 5.82 Å². The van der Waals surface area contributed by atoms with Gasteiger partial charge in [-0.2, -0.15) is 0 Å². The number of ether oxygens (including phenoxy) is 1. The number of H-pyrrole nitrogens is 1. The number of aromatic amines is 1. The van der Waals surface area contributed by atoms with Crippen molar-refractivity contribution in [1.82, 2.24) is 15.0 Å². The number of imidazole rings is 1. The number of halogens is 1. The zero-order valence-corrected chi connectivity index (χ0v) is 11.6. The highest BCUT2D eigenvalue weighted by Gasteiger charge is 2.05. The minimum absolute atomic E-state index is 0.354.